The Morgan fingerprint density at radius 3 is 2.62 bits per heavy atom. The Labute approximate surface area is 153 Å². The minimum absolute atomic E-state index is 0.327. The fraction of sp³-hybridized carbons (Fsp3) is 0.222. The topological polar surface area (TPSA) is 107 Å². The molecule has 8 heteroatoms. The molecule has 0 aliphatic heterocycles. The highest BCUT2D eigenvalue weighted by Crippen LogP contribution is 2.36. The Kier molecular flexibility index (Phi) is 4.60. The van der Waals surface area contributed by atoms with E-state index >= 15 is 0 Å². The average molecular weight is 370 g/mol. The molecule has 0 atom stereocenters. The first kappa shape index (κ1) is 17.8. The van der Waals surface area contributed by atoms with E-state index in [9.17, 15) is 14.4 Å². The number of carbonyl (C=O) groups is 2. The summed E-state index contributed by atoms with van der Waals surface area (Å²) in [5.74, 6) is -0.666. The highest BCUT2D eigenvalue weighted by Gasteiger charge is 2.18. The minimum atomic E-state index is -0.959. The lowest BCUT2D eigenvalue weighted by molar-refractivity contribution is -0.120. The van der Waals surface area contributed by atoms with E-state index < -0.39 is 11.9 Å². The quantitative estimate of drug-likeness (QED) is 0.737. The molecule has 3 aromatic rings. The summed E-state index contributed by atoms with van der Waals surface area (Å²) in [6, 6.07) is 5.08. The number of hydrogen-bond donors (Lipinski definition) is 2. The Hall–Kier alpha value is -3.00. The van der Waals surface area contributed by atoms with Crippen LogP contribution in [0.5, 0.6) is 0 Å². The zero-order valence-electron chi connectivity index (χ0n) is 14.6. The molecule has 3 rings (SSSR count). The molecule has 134 valence electrons. The Morgan fingerprint density at radius 2 is 1.96 bits per heavy atom. The van der Waals surface area contributed by atoms with Crippen LogP contribution in [0.4, 0.5) is 4.79 Å². The van der Waals surface area contributed by atoms with E-state index in [1.54, 1.807) is 0 Å². The van der Waals surface area contributed by atoms with Crippen LogP contribution in [0.3, 0.4) is 0 Å². The number of thiophene rings is 1. The van der Waals surface area contributed by atoms with Gasteiger partial charge in [-0.1, -0.05) is 18.2 Å². The van der Waals surface area contributed by atoms with Crippen LogP contribution in [0.15, 0.2) is 29.3 Å². The molecular weight excluding hydrogens is 352 g/mol. The fourth-order valence-electron chi connectivity index (χ4n) is 2.83. The summed E-state index contributed by atoms with van der Waals surface area (Å²) in [5, 5.41) is 2.42. The van der Waals surface area contributed by atoms with Crippen molar-refractivity contribution in [2.75, 3.05) is 0 Å². The molecule has 0 aliphatic rings. The van der Waals surface area contributed by atoms with Gasteiger partial charge in [0.1, 0.15) is 11.4 Å². The third kappa shape index (κ3) is 3.23. The molecule has 0 saturated carbocycles. The highest BCUT2D eigenvalue weighted by molar-refractivity contribution is 7.19. The molecule has 3 amide bonds. The van der Waals surface area contributed by atoms with Crippen LogP contribution in [0, 0.1) is 20.8 Å². The molecular formula is C18H18N4O3S. The Morgan fingerprint density at radius 1 is 1.23 bits per heavy atom. The number of imide groups is 1. The predicted molar refractivity (Wildman–Crippen MR) is 101 cm³/mol. The zero-order chi connectivity index (χ0) is 19.0. The predicted octanol–water partition coefficient (Wildman–Crippen LogP) is 2.25. The van der Waals surface area contributed by atoms with E-state index in [1.807, 2.05) is 44.3 Å². The number of nitrogens with one attached hydrogen (secondary N) is 1. The lowest BCUT2D eigenvalue weighted by Crippen LogP contribution is -2.39. The van der Waals surface area contributed by atoms with E-state index in [0.717, 1.165) is 21.6 Å². The van der Waals surface area contributed by atoms with Crippen molar-refractivity contribution in [2.24, 2.45) is 5.73 Å². The number of fused-ring (bicyclic) bond motifs is 1. The lowest BCUT2D eigenvalue weighted by Gasteiger charge is -2.08. The first-order chi connectivity index (χ1) is 12.3. The summed E-state index contributed by atoms with van der Waals surface area (Å²) in [4.78, 5) is 41.4. The number of rotatable bonds is 3. The normalized spacial score (nSPS) is 10.9. The van der Waals surface area contributed by atoms with Gasteiger partial charge in [-0.3, -0.25) is 19.5 Å². The smallest absolute Gasteiger partial charge is 0.318 e. The van der Waals surface area contributed by atoms with Gasteiger partial charge in [-0.05, 0) is 37.5 Å². The maximum atomic E-state index is 12.9. The van der Waals surface area contributed by atoms with Crippen LogP contribution >= 0.6 is 11.3 Å². The van der Waals surface area contributed by atoms with Gasteiger partial charge in [-0.25, -0.2) is 9.78 Å². The van der Waals surface area contributed by atoms with Crippen molar-refractivity contribution in [2.45, 2.75) is 27.3 Å². The number of nitrogens with two attached hydrogens (primary N) is 1. The van der Waals surface area contributed by atoms with E-state index in [1.165, 1.54) is 27.8 Å². The van der Waals surface area contributed by atoms with Crippen molar-refractivity contribution >= 4 is 33.5 Å². The van der Waals surface area contributed by atoms with Crippen molar-refractivity contribution in [3.05, 3.63) is 50.9 Å². The second kappa shape index (κ2) is 6.72. The maximum Gasteiger partial charge on any atom is 0.318 e. The van der Waals surface area contributed by atoms with Crippen molar-refractivity contribution in [3.8, 4) is 11.1 Å². The maximum absolute atomic E-state index is 12.9. The van der Waals surface area contributed by atoms with E-state index in [-0.39, 0.29) is 12.1 Å². The van der Waals surface area contributed by atoms with Crippen LogP contribution in [-0.4, -0.2) is 21.5 Å². The summed E-state index contributed by atoms with van der Waals surface area (Å²) in [5.41, 5.74) is 8.68. The number of amides is 3. The number of hydrogen-bond acceptors (Lipinski definition) is 5. The fourth-order valence-corrected chi connectivity index (χ4v) is 3.83. The third-order valence-electron chi connectivity index (χ3n) is 4.23. The Bertz CT molecular complexity index is 1100. The molecule has 0 fully saturated rings. The molecule has 2 aromatic heterocycles. The number of urea groups is 1. The standard InChI is InChI=1S/C18H18N4O3S/c1-9-4-5-12(6-10(9)2)14-11(3)26-16-15(14)17(24)22(8-20-16)7-13(23)21-18(19)25/h4-6,8H,7H2,1-3H3,(H3,19,21,23,25). The number of nitrogens with zero attached hydrogens (tertiary/aromatic N) is 2. The first-order valence-electron chi connectivity index (χ1n) is 7.93. The summed E-state index contributed by atoms with van der Waals surface area (Å²) >= 11 is 1.44. The number of carbonyl (C=O) groups excluding carboxylic acids is 2. The molecule has 2 heterocycles. The lowest BCUT2D eigenvalue weighted by atomic mass is 9.99. The summed E-state index contributed by atoms with van der Waals surface area (Å²) < 4.78 is 1.18. The van der Waals surface area contributed by atoms with Crippen LogP contribution < -0.4 is 16.6 Å². The molecule has 0 unspecified atom stereocenters. The number of primary amides is 1. The van der Waals surface area contributed by atoms with Crippen molar-refractivity contribution in [3.63, 3.8) is 0 Å². The molecule has 0 aliphatic carbocycles. The van der Waals surface area contributed by atoms with Gasteiger partial charge >= 0.3 is 6.03 Å². The number of aryl methyl sites for hydroxylation is 3. The molecule has 7 nitrogen and oxygen atoms in total. The first-order valence-corrected chi connectivity index (χ1v) is 8.75. The third-order valence-corrected chi connectivity index (χ3v) is 5.24. The SMILES string of the molecule is Cc1ccc(-c2c(C)sc3ncn(CC(=O)NC(N)=O)c(=O)c23)cc1C. The van der Waals surface area contributed by atoms with Gasteiger partial charge < -0.3 is 5.73 Å². The number of aromatic nitrogens is 2. The molecule has 0 bridgehead atoms. The van der Waals surface area contributed by atoms with Gasteiger partial charge in [0, 0.05) is 10.4 Å². The van der Waals surface area contributed by atoms with Crippen LogP contribution in [-0.2, 0) is 11.3 Å². The van der Waals surface area contributed by atoms with Crippen molar-refractivity contribution < 1.29 is 9.59 Å². The monoisotopic (exact) mass is 370 g/mol. The van der Waals surface area contributed by atoms with Crippen LogP contribution in [0.2, 0.25) is 0 Å². The summed E-state index contributed by atoms with van der Waals surface area (Å²) in [6.45, 7) is 5.67. The van der Waals surface area contributed by atoms with Crippen LogP contribution in [0.1, 0.15) is 16.0 Å². The van der Waals surface area contributed by atoms with E-state index in [2.05, 4.69) is 4.98 Å². The van der Waals surface area contributed by atoms with E-state index in [4.69, 9.17) is 5.73 Å². The van der Waals surface area contributed by atoms with Gasteiger partial charge in [-0.2, -0.15) is 0 Å². The molecule has 1 aromatic carbocycles. The second-order valence-electron chi connectivity index (χ2n) is 6.10. The van der Waals surface area contributed by atoms with Crippen LogP contribution in [0.25, 0.3) is 21.3 Å². The molecule has 0 saturated heterocycles. The van der Waals surface area contributed by atoms with Gasteiger partial charge in [0.25, 0.3) is 5.56 Å². The van der Waals surface area contributed by atoms with Crippen molar-refractivity contribution in [1.82, 2.24) is 14.9 Å². The van der Waals surface area contributed by atoms with Gasteiger partial charge in [0.15, 0.2) is 0 Å². The van der Waals surface area contributed by atoms with Crippen molar-refractivity contribution in [1.29, 1.82) is 0 Å². The summed E-state index contributed by atoms with van der Waals surface area (Å²) in [6.07, 6.45) is 1.31. The minimum Gasteiger partial charge on any atom is -0.351 e. The largest absolute Gasteiger partial charge is 0.351 e. The molecule has 0 radical (unpaired) electrons. The molecule has 26 heavy (non-hydrogen) atoms. The second-order valence-corrected chi connectivity index (χ2v) is 7.31. The van der Waals surface area contributed by atoms with Gasteiger partial charge in [-0.15, -0.1) is 11.3 Å². The Balaban J connectivity index is 2.15. The molecule has 3 N–H and O–H groups in total. The highest BCUT2D eigenvalue weighted by atomic mass is 32.1. The summed E-state index contributed by atoms with van der Waals surface area (Å²) in [7, 11) is 0. The average Bonchev–Trinajstić information content (AvgIpc) is 2.89. The van der Waals surface area contributed by atoms with E-state index in [0.29, 0.717) is 10.2 Å². The van der Waals surface area contributed by atoms with Gasteiger partial charge in [0.2, 0.25) is 5.91 Å². The molecule has 0 spiro atoms. The van der Waals surface area contributed by atoms with Gasteiger partial charge in [0.05, 0.1) is 11.7 Å². The number of benzene rings is 1. The zero-order valence-corrected chi connectivity index (χ0v) is 15.4.